The Morgan fingerprint density at radius 2 is 1.88 bits per heavy atom. The third kappa shape index (κ3) is 3.56. The van der Waals surface area contributed by atoms with Crippen LogP contribution in [-0.4, -0.2) is 32.8 Å². The Hall–Kier alpha value is -3.22. The van der Waals surface area contributed by atoms with Gasteiger partial charge in [-0.2, -0.15) is 5.10 Å². The molecule has 0 aliphatic rings. The van der Waals surface area contributed by atoms with Gasteiger partial charge in [0.05, 0.1) is 18.8 Å². The molecule has 0 aliphatic carbocycles. The minimum absolute atomic E-state index is 0.0882. The molecule has 0 saturated heterocycles. The molecule has 1 amide bonds. The normalized spacial score (nSPS) is 11.8. The molecule has 0 aliphatic heterocycles. The fraction of sp³-hybridized carbons (Fsp3) is 0.263. The van der Waals surface area contributed by atoms with E-state index < -0.39 is 0 Å². The van der Waals surface area contributed by atoms with Crippen LogP contribution in [0.1, 0.15) is 35.4 Å². The van der Waals surface area contributed by atoms with E-state index in [1.165, 1.54) is 0 Å². The van der Waals surface area contributed by atoms with Gasteiger partial charge in [-0.15, -0.1) is 0 Å². The zero-order valence-corrected chi connectivity index (χ0v) is 15.0. The summed E-state index contributed by atoms with van der Waals surface area (Å²) in [4.78, 5) is 21.0. The summed E-state index contributed by atoms with van der Waals surface area (Å²) in [7, 11) is 3.42. The molecular formula is C19H21N5O2. The van der Waals surface area contributed by atoms with Gasteiger partial charge < -0.3 is 10.1 Å². The second-order valence-electron chi connectivity index (χ2n) is 5.81. The van der Waals surface area contributed by atoms with Gasteiger partial charge in [0.1, 0.15) is 5.69 Å². The highest BCUT2D eigenvalue weighted by atomic mass is 16.5. The number of nitrogens with zero attached hydrogens (tertiary/aromatic N) is 4. The van der Waals surface area contributed by atoms with Crippen LogP contribution in [0.5, 0.6) is 5.88 Å². The number of benzene rings is 1. The van der Waals surface area contributed by atoms with Gasteiger partial charge >= 0.3 is 0 Å². The third-order valence-corrected chi connectivity index (χ3v) is 4.21. The van der Waals surface area contributed by atoms with Crippen LogP contribution in [0, 0.1) is 0 Å². The van der Waals surface area contributed by atoms with Crippen LogP contribution in [0.3, 0.4) is 0 Å². The van der Waals surface area contributed by atoms with Crippen molar-refractivity contribution in [3.8, 4) is 17.1 Å². The average Bonchev–Trinajstić information content (AvgIpc) is 3.11. The molecule has 1 unspecified atom stereocenters. The van der Waals surface area contributed by atoms with Gasteiger partial charge in [0.15, 0.2) is 0 Å². The summed E-state index contributed by atoms with van der Waals surface area (Å²) in [5.74, 6) is 0.322. The first-order chi connectivity index (χ1) is 12.6. The minimum Gasteiger partial charge on any atom is -0.479 e. The molecule has 7 heteroatoms. The number of rotatable bonds is 6. The third-order valence-electron chi connectivity index (χ3n) is 4.21. The zero-order chi connectivity index (χ0) is 18.5. The number of amides is 1. The molecule has 7 nitrogen and oxygen atoms in total. The minimum atomic E-state index is -0.129. The first-order valence-corrected chi connectivity index (χ1v) is 8.38. The Morgan fingerprint density at radius 1 is 1.15 bits per heavy atom. The van der Waals surface area contributed by atoms with Crippen molar-refractivity contribution in [1.29, 1.82) is 0 Å². The number of methoxy groups -OCH3 is 1. The summed E-state index contributed by atoms with van der Waals surface area (Å²) in [6.07, 6.45) is 5.69. The number of hydrogen-bond acceptors (Lipinski definition) is 5. The van der Waals surface area contributed by atoms with E-state index in [0.29, 0.717) is 17.1 Å². The lowest BCUT2D eigenvalue weighted by Crippen LogP contribution is -2.29. The van der Waals surface area contributed by atoms with Gasteiger partial charge in [-0.3, -0.25) is 9.48 Å². The van der Waals surface area contributed by atoms with E-state index in [4.69, 9.17) is 4.74 Å². The molecule has 0 fully saturated rings. The molecule has 0 spiro atoms. The van der Waals surface area contributed by atoms with Crippen molar-refractivity contribution >= 4 is 5.91 Å². The van der Waals surface area contributed by atoms with E-state index >= 15 is 0 Å². The van der Waals surface area contributed by atoms with E-state index in [9.17, 15) is 4.79 Å². The summed E-state index contributed by atoms with van der Waals surface area (Å²) in [5.41, 5.74) is 3.03. The van der Waals surface area contributed by atoms with Crippen molar-refractivity contribution < 1.29 is 9.53 Å². The first kappa shape index (κ1) is 17.6. The number of nitrogens with one attached hydrogen (secondary N) is 1. The number of aromatic nitrogens is 4. The largest absolute Gasteiger partial charge is 0.479 e. The number of carbonyl (C=O) groups excluding carboxylic acids is 1. The summed E-state index contributed by atoms with van der Waals surface area (Å²) >= 11 is 0. The lowest BCUT2D eigenvalue weighted by Gasteiger charge is -2.17. The zero-order valence-electron chi connectivity index (χ0n) is 15.0. The fourth-order valence-electron chi connectivity index (χ4n) is 2.80. The van der Waals surface area contributed by atoms with Gasteiger partial charge in [-0.05, 0) is 24.6 Å². The molecule has 0 bridgehead atoms. The van der Waals surface area contributed by atoms with Crippen LogP contribution in [0.2, 0.25) is 0 Å². The summed E-state index contributed by atoms with van der Waals surface area (Å²) in [6, 6.07) is 9.05. The number of aryl methyl sites for hydroxylation is 1. The summed E-state index contributed by atoms with van der Waals surface area (Å²) < 4.78 is 7.01. The predicted octanol–water partition coefficient (Wildman–Crippen LogP) is 2.77. The molecule has 0 radical (unpaired) electrons. The fourth-order valence-corrected chi connectivity index (χ4v) is 2.80. The Balaban J connectivity index is 1.78. The average molecular weight is 351 g/mol. The van der Waals surface area contributed by atoms with Gasteiger partial charge in [0.2, 0.25) is 5.88 Å². The van der Waals surface area contributed by atoms with Gasteiger partial charge in [0, 0.05) is 36.8 Å². The van der Waals surface area contributed by atoms with Gasteiger partial charge in [-0.1, -0.05) is 19.1 Å². The molecule has 1 atom stereocenters. The molecule has 0 saturated carbocycles. The van der Waals surface area contributed by atoms with E-state index in [1.54, 1.807) is 42.5 Å². The molecule has 3 aromatic rings. The Bertz CT molecular complexity index is 889. The quantitative estimate of drug-likeness (QED) is 0.738. The van der Waals surface area contributed by atoms with Crippen LogP contribution in [0.4, 0.5) is 0 Å². The maximum Gasteiger partial charge on any atom is 0.251 e. The predicted molar refractivity (Wildman–Crippen MR) is 97.7 cm³/mol. The van der Waals surface area contributed by atoms with Crippen molar-refractivity contribution in [2.45, 2.75) is 19.4 Å². The van der Waals surface area contributed by atoms with Crippen LogP contribution in [-0.2, 0) is 7.05 Å². The highest BCUT2D eigenvalue weighted by Gasteiger charge is 2.17. The lowest BCUT2D eigenvalue weighted by atomic mass is 10.1. The SMILES string of the molecule is CCC(NC(=O)c1ccc(-c2nccnc2OC)cc1)c1ccnn1C. The van der Waals surface area contributed by atoms with E-state index in [0.717, 1.165) is 17.7 Å². The second kappa shape index (κ2) is 7.77. The standard InChI is InChI=1S/C19H21N5O2/c1-4-15(16-9-10-22-24(16)2)23-18(25)14-7-5-13(6-8-14)17-19(26-3)21-12-11-20-17/h5-12,15H,4H2,1-3H3,(H,23,25). The lowest BCUT2D eigenvalue weighted by molar-refractivity contribution is 0.0934. The van der Waals surface area contributed by atoms with Crippen molar-refractivity contribution in [2.24, 2.45) is 7.05 Å². The topological polar surface area (TPSA) is 81.9 Å². The van der Waals surface area contributed by atoms with Crippen molar-refractivity contribution in [3.63, 3.8) is 0 Å². The van der Waals surface area contributed by atoms with E-state index in [-0.39, 0.29) is 11.9 Å². The highest BCUT2D eigenvalue weighted by Crippen LogP contribution is 2.25. The maximum absolute atomic E-state index is 12.6. The second-order valence-corrected chi connectivity index (χ2v) is 5.81. The number of ether oxygens (including phenoxy) is 1. The highest BCUT2D eigenvalue weighted by molar-refractivity contribution is 5.94. The molecule has 3 rings (SSSR count). The van der Waals surface area contributed by atoms with E-state index in [2.05, 4.69) is 20.4 Å². The molecule has 2 aromatic heterocycles. The van der Waals surface area contributed by atoms with Crippen LogP contribution < -0.4 is 10.1 Å². The van der Waals surface area contributed by atoms with Crippen molar-refractivity contribution in [1.82, 2.24) is 25.1 Å². The number of hydrogen-bond donors (Lipinski definition) is 1. The Labute approximate surface area is 152 Å². The molecule has 134 valence electrons. The van der Waals surface area contributed by atoms with E-state index in [1.807, 2.05) is 32.2 Å². The molecule has 26 heavy (non-hydrogen) atoms. The van der Waals surface area contributed by atoms with Crippen LogP contribution >= 0.6 is 0 Å². The molecule has 1 aromatic carbocycles. The monoisotopic (exact) mass is 351 g/mol. The van der Waals surface area contributed by atoms with Gasteiger partial charge in [-0.25, -0.2) is 9.97 Å². The van der Waals surface area contributed by atoms with Crippen molar-refractivity contribution in [3.05, 3.63) is 60.2 Å². The smallest absolute Gasteiger partial charge is 0.251 e. The first-order valence-electron chi connectivity index (χ1n) is 8.38. The summed E-state index contributed by atoms with van der Waals surface area (Å²) in [5, 5.41) is 7.22. The van der Waals surface area contributed by atoms with Crippen LogP contribution in [0.15, 0.2) is 48.9 Å². The van der Waals surface area contributed by atoms with Gasteiger partial charge in [0.25, 0.3) is 5.91 Å². The molecule has 2 heterocycles. The summed E-state index contributed by atoms with van der Waals surface area (Å²) in [6.45, 7) is 2.03. The van der Waals surface area contributed by atoms with Crippen LogP contribution in [0.25, 0.3) is 11.3 Å². The number of carbonyl (C=O) groups is 1. The van der Waals surface area contributed by atoms with Crippen molar-refractivity contribution in [2.75, 3.05) is 7.11 Å². The Morgan fingerprint density at radius 3 is 2.50 bits per heavy atom. The maximum atomic E-state index is 12.6. The molecular weight excluding hydrogens is 330 g/mol. The Kier molecular flexibility index (Phi) is 5.26. The molecule has 1 N–H and O–H groups in total.